The molecule has 2 aromatic carbocycles. The van der Waals surface area contributed by atoms with Gasteiger partial charge in [-0.2, -0.15) is 0 Å². The molecule has 2 aromatic rings. The Morgan fingerprint density at radius 3 is 2.52 bits per heavy atom. The van der Waals surface area contributed by atoms with Gasteiger partial charge in [-0.3, -0.25) is 4.79 Å². The molecule has 0 radical (unpaired) electrons. The number of nitrogens with zero attached hydrogens (tertiary/aromatic N) is 1. The van der Waals surface area contributed by atoms with Crippen LogP contribution in [-0.4, -0.2) is 20.0 Å². The van der Waals surface area contributed by atoms with Crippen molar-refractivity contribution in [2.75, 3.05) is 19.0 Å². The summed E-state index contributed by atoms with van der Waals surface area (Å²) < 4.78 is 0. The van der Waals surface area contributed by atoms with Gasteiger partial charge in [-0.15, -0.1) is 0 Å². The normalized spacial score (nSPS) is 15.7. The van der Waals surface area contributed by atoms with E-state index in [4.69, 9.17) is 0 Å². The van der Waals surface area contributed by atoms with Gasteiger partial charge in [0.2, 0.25) is 5.91 Å². The minimum atomic E-state index is 0.180. The Bertz CT molecular complexity index is 652. The summed E-state index contributed by atoms with van der Waals surface area (Å²) in [5, 5.41) is 3.38. The maximum atomic E-state index is 11.8. The van der Waals surface area contributed by atoms with Crippen molar-refractivity contribution in [2.45, 2.75) is 18.9 Å². The summed E-state index contributed by atoms with van der Waals surface area (Å²) in [5.74, 6) is 0.198. The number of benzene rings is 2. The van der Waals surface area contributed by atoms with E-state index in [-0.39, 0.29) is 11.9 Å². The highest BCUT2D eigenvalue weighted by molar-refractivity contribution is 5.95. The highest BCUT2D eigenvalue weighted by Gasteiger charge is 2.22. The van der Waals surface area contributed by atoms with E-state index in [0.717, 1.165) is 12.1 Å². The molecule has 108 valence electrons. The third kappa shape index (κ3) is 2.57. The Kier molecular flexibility index (Phi) is 3.76. The maximum absolute atomic E-state index is 11.8. The van der Waals surface area contributed by atoms with Crippen LogP contribution in [0, 0.1) is 0 Å². The number of nitrogens with one attached hydrogen (secondary N) is 1. The van der Waals surface area contributed by atoms with Crippen LogP contribution in [0.4, 0.5) is 5.69 Å². The summed E-state index contributed by atoms with van der Waals surface area (Å²) in [5.41, 5.74) is 4.79. The number of amides is 1. The van der Waals surface area contributed by atoms with Gasteiger partial charge >= 0.3 is 0 Å². The van der Waals surface area contributed by atoms with E-state index in [2.05, 4.69) is 47.8 Å². The predicted octanol–water partition coefficient (Wildman–Crippen LogP) is 2.90. The average molecular weight is 280 g/mol. The topological polar surface area (TPSA) is 32.3 Å². The Balaban J connectivity index is 1.98. The van der Waals surface area contributed by atoms with Crippen molar-refractivity contribution >= 4 is 11.6 Å². The van der Waals surface area contributed by atoms with E-state index in [9.17, 15) is 4.79 Å². The highest BCUT2D eigenvalue weighted by atomic mass is 16.2. The zero-order chi connectivity index (χ0) is 14.8. The number of carbonyl (C=O) groups excluding carboxylic acids is 1. The fourth-order valence-corrected chi connectivity index (χ4v) is 3.03. The van der Waals surface area contributed by atoms with E-state index in [1.54, 1.807) is 4.90 Å². The summed E-state index contributed by atoms with van der Waals surface area (Å²) in [6.45, 7) is 0. The number of carbonyl (C=O) groups is 1. The average Bonchev–Trinajstić information content (AvgIpc) is 2.53. The van der Waals surface area contributed by atoms with Gasteiger partial charge in [-0.25, -0.2) is 0 Å². The second kappa shape index (κ2) is 5.70. The van der Waals surface area contributed by atoms with Gasteiger partial charge in [-0.05, 0) is 36.2 Å². The van der Waals surface area contributed by atoms with Gasteiger partial charge < -0.3 is 10.2 Å². The second-order valence-electron chi connectivity index (χ2n) is 5.47. The van der Waals surface area contributed by atoms with E-state index in [1.165, 1.54) is 16.7 Å². The van der Waals surface area contributed by atoms with Gasteiger partial charge in [0.15, 0.2) is 0 Å². The molecule has 1 aliphatic rings. The van der Waals surface area contributed by atoms with E-state index in [1.807, 2.05) is 20.2 Å². The summed E-state index contributed by atoms with van der Waals surface area (Å²) in [6, 6.07) is 17.0. The molecule has 1 heterocycles. The van der Waals surface area contributed by atoms with Gasteiger partial charge in [0.05, 0.1) is 6.04 Å². The lowest BCUT2D eigenvalue weighted by Crippen LogP contribution is -2.31. The zero-order valence-corrected chi connectivity index (χ0v) is 12.5. The number of anilines is 1. The summed E-state index contributed by atoms with van der Waals surface area (Å²) >= 11 is 0. The largest absolute Gasteiger partial charge is 0.315 e. The first-order valence-corrected chi connectivity index (χ1v) is 7.32. The van der Waals surface area contributed by atoms with E-state index in [0.29, 0.717) is 6.42 Å². The lowest BCUT2D eigenvalue weighted by atomic mass is 9.93. The molecule has 21 heavy (non-hydrogen) atoms. The first kappa shape index (κ1) is 13.8. The Hall–Kier alpha value is -2.13. The fourth-order valence-electron chi connectivity index (χ4n) is 3.03. The molecule has 0 spiro atoms. The van der Waals surface area contributed by atoms with Crippen molar-refractivity contribution in [1.82, 2.24) is 5.32 Å². The lowest BCUT2D eigenvalue weighted by Gasteiger charge is -2.27. The molecule has 0 bridgehead atoms. The SMILES string of the molecule is CNC(c1ccccc1)c1ccc2c(c1)CCC(=O)N2C. The maximum Gasteiger partial charge on any atom is 0.227 e. The minimum Gasteiger partial charge on any atom is -0.315 e. The predicted molar refractivity (Wildman–Crippen MR) is 85.5 cm³/mol. The first-order valence-electron chi connectivity index (χ1n) is 7.32. The van der Waals surface area contributed by atoms with Crippen LogP contribution in [-0.2, 0) is 11.2 Å². The standard InChI is InChI=1S/C18H20N2O/c1-19-18(13-6-4-3-5-7-13)15-8-10-16-14(12-15)9-11-17(21)20(16)2/h3-8,10,12,18-19H,9,11H2,1-2H3. The third-order valence-electron chi connectivity index (χ3n) is 4.20. The summed E-state index contributed by atoms with van der Waals surface area (Å²) in [4.78, 5) is 13.5. The van der Waals surface area contributed by atoms with Gasteiger partial charge in [-0.1, -0.05) is 42.5 Å². The van der Waals surface area contributed by atoms with E-state index >= 15 is 0 Å². The van der Waals surface area contributed by atoms with Crippen molar-refractivity contribution < 1.29 is 4.79 Å². The smallest absolute Gasteiger partial charge is 0.227 e. The number of hydrogen-bond donors (Lipinski definition) is 1. The first-order chi connectivity index (χ1) is 10.2. The van der Waals surface area contributed by atoms with Crippen LogP contribution in [0.3, 0.4) is 0 Å². The summed E-state index contributed by atoms with van der Waals surface area (Å²) in [6.07, 6.45) is 1.43. The molecule has 1 N–H and O–H groups in total. The monoisotopic (exact) mass is 280 g/mol. The van der Waals surface area contributed by atoms with Crippen LogP contribution in [0.15, 0.2) is 48.5 Å². The van der Waals surface area contributed by atoms with Crippen LogP contribution in [0.25, 0.3) is 0 Å². The Morgan fingerprint density at radius 1 is 1.05 bits per heavy atom. The van der Waals surface area contributed by atoms with Gasteiger partial charge in [0.25, 0.3) is 0 Å². The van der Waals surface area contributed by atoms with Crippen LogP contribution in [0.1, 0.15) is 29.2 Å². The Labute approximate surface area is 125 Å². The number of rotatable bonds is 3. The van der Waals surface area contributed by atoms with Gasteiger partial charge in [0, 0.05) is 19.2 Å². The van der Waals surface area contributed by atoms with Crippen LogP contribution < -0.4 is 10.2 Å². The minimum absolute atomic E-state index is 0.180. The molecule has 1 aliphatic heterocycles. The fraction of sp³-hybridized carbons (Fsp3) is 0.278. The molecule has 0 saturated heterocycles. The molecular weight excluding hydrogens is 260 g/mol. The van der Waals surface area contributed by atoms with Crippen LogP contribution in [0.2, 0.25) is 0 Å². The molecule has 1 atom stereocenters. The number of hydrogen-bond acceptors (Lipinski definition) is 2. The van der Waals surface area contributed by atoms with Crippen molar-refractivity contribution in [3.05, 3.63) is 65.2 Å². The van der Waals surface area contributed by atoms with Crippen LogP contribution >= 0.6 is 0 Å². The second-order valence-corrected chi connectivity index (χ2v) is 5.47. The van der Waals surface area contributed by atoms with Crippen molar-refractivity contribution in [2.24, 2.45) is 0 Å². The molecule has 0 aromatic heterocycles. The molecule has 0 aliphatic carbocycles. The van der Waals surface area contributed by atoms with Crippen molar-refractivity contribution in [1.29, 1.82) is 0 Å². The molecule has 3 nitrogen and oxygen atoms in total. The molecule has 0 fully saturated rings. The molecule has 3 heteroatoms. The molecule has 1 amide bonds. The number of fused-ring (bicyclic) bond motifs is 1. The molecule has 3 rings (SSSR count). The third-order valence-corrected chi connectivity index (χ3v) is 4.20. The quantitative estimate of drug-likeness (QED) is 0.937. The molecule has 1 unspecified atom stereocenters. The van der Waals surface area contributed by atoms with Crippen LogP contribution in [0.5, 0.6) is 0 Å². The molecular formula is C18H20N2O. The lowest BCUT2D eigenvalue weighted by molar-refractivity contribution is -0.118. The van der Waals surface area contributed by atoms with Crippen molar-refractivity contribution in [3.63, 3.8) is 0 Å². The zero-order valence-electron chi connectivity index (χ0n) is 12.5. The van der Waals surface area contributed by atoms with Gasteiger partial charge in [0.1, 0.15) is 0 Å². The summed E-state index contributed by atoms with van der Waals surface area (Å²) in [7, 11) is 3.83. The number of aryl methyl sites for hydroxylation is 1. The van der Waals surface area contributed by atoms with E-state index < -0.39 is 0 Å². The Morgan fingerprint density at radius 2 is 1.81 bits per heavy atom. The molecule has 0 saturated carbocycles. The highest BCUT2D eigenvalue weighted by Crippen LogP contribution is 2.31. The van der Waals surface area contributed by atoms with Crippen molar-refractivity contribution in [3.8, 4) is 0 Å².